The molecule has 0 fully saturated rings. The van der Waals surface area contributed by atoms with Gasteiger partial charge >= 0.3 is 0 Å². The lowest BCUT2D eigenvalue weighted by Gasteiger charge is -2.08. The third-order valence-corrected chi connectivity index (χ3v) is 2.86. The summed E-state index contributed by atoms with van der Waals surface area (Å²) in [5.74, 6) is 2.00. The van der Waals surface area contributed by atoms with Gasteiger partial charge in [-0.3, -0.25) is 0 Å². The predicted octanol–water partition coefficient (Wildman–Crippen LogP) is 3.26. The Kier molecular flexibility index (Phi) is 4.60. The van der Waals surface area contributed by atoms with Crippen molar-refractivity contribution in [3.63, 3.8) is 0 Å². The molecule has 2 aromatic rings. The average molecular weight is 279 g/mol. The molecule has 0 aliphatic carbocycles. The molecule has 1 heterocycles. The Morgan fingerprint density at radius 3 is 2.42 bits per heavy atom. The summed E-state index contributed by atoms with van der Waals surface area (Å²) < 4.78 is 10.8. The Balaban J connectivity index is 2.15. The minimum absolute atomic E-state index is 0.514. The molecule has 5 heteroatoms. The van der Waals surface area contributed by atoms with Gasteiger partial charge in [-0.2, -0.15) is 0 Å². The van der Waals surface area contributed by atoms with Gasteiger partial charge in [0.25, 0.3) is 0 Å². The van der Waals surface area contributed by atoms with Crippen LogP contribution in [0.25, 0.3) is 0 Å². The predicted molar refractivity (Wildman–Crippen MR) is 75.1 cm³/mol. The molecule has 0 radical (unpaired) electrons. The Bertz CT molecular complexity index is 544. The normalized spacial score (nSPS) is 10.3. The lowest BCUT2D eigenvalue weighted by Crippen LogP contribution is -2.07. The van der Waals surface area contributed by atoms with Crippen molar-refractivity contribution >= 4 is 11.6 Å². The van der Waals surface area contributed by atoms with E-state index < -0.39 is 0 Å². The molecule has 4 nitrogen and oxygen atoms in total. The van der Waals surface area contributed by atoms with Crippen LogP contribution in [0.2, 0.25) is 5.02 Å². The zero-order valence-electron chi connectivity index (χ0n) is 10.8. The van der Waals surface area contributed by atoms with E-state index in [2.05, 4.69) is 10.3 Å². The van der Waals surface area contributed by atoms with Crippen LogP contribution in [0.1, 0.15) is 5.69 Å². The van der Waals surface area contributed by atoms with Crippen LogP contribution in [0, 0.1) is 0 Å². The van der Waals surface area contributed by atoms with E-state index in [0.717, 1.165) is 11.4 Å². The first-order chi connectivity index (χ1) is 9.22. The maximum absolute atomic E-state index is 6.04. The first-order valence-electron chi connectivity index (χ1n) is 5.85. The van der Waals surface area contributed by atoms with Crippen LogP contribution in [0.15, 0.2) is 36.4 Å². The number of aromatic nitrogens is 1. The van der Waals surface area contributed by atoms with E-state index >= 15 is 0 Å². The van der Waals surface area contributed by atoms with Crippen molar-refractivity contribution in [2.24, 2.45) is 0 Å². The van der Waals surface area contributed by atoms with E-state index in [1.165, 1.54) is 0 Å². The SMILES string of the molecule is CNCc1nc(Oc2ccc(OC)cc2)ccc1Cl. The monoisotopic (exact) mass is 278 g/mol. The summed E-state index contributed by atoms with van der Waals surface area (Å²) >= 11 is 6.04. The number of methoxy groups -OCH3 is 1. The molecule has 1 N–H and O–H groups in total. The van der Waals surface area contributed by atoms with E-state index in [1.54, 1.807) is 19.2 Å². The van der Waals surface area contributed by atoms with Crippen LogP contribution < -0.4 is 14.8 Å². The van der Waals surface area contributed by atoms with E-state index in [4.69, 9.17) is 21.1 Å². The van der Waals surface area contributed by atoms with Crippen molar-refractivity contribution in [3.8, 4) is 17.4 Å². The molecule has 0 bridgehead atoms. The first kappa shape index (κ1) is 13.6. The maximum atomic E-state index is 6.04. The second kappa shape index (κ2) is 6.41. The van der Waals surface area contributed by atoms with Gasteiger partial charge < -0.3 is 14.8 Å². The minimum atomic E-state index is 0.514. The fourth-order valence-electron chi connectivity index (χ4n) is 1.58. The van der Waals surface area contributed by atoms with Gasteiger partial charge in [-0.15, -0.1) is 0 Å². The summed E-state index contributed by atoms with van der Waals surface area (Å²) in [6.07, 6.45) is 0. The summed E-state index contributed by atoms with van der Waals surface area (Å²) in [5, 5.41) is 3.63. The van der Waals surface area contributed by atoms with E-state index in [-0.39, 0.29) is 0 Å². The lowest BCUT2D eigenvalue weighted by molar-refractivity contribution is 0.412. The molecule has 0 saturated carbocycles. The molecule has 0 atom stereocenters. The largest absolute Gasteiger partial charge is 0.497 e. The van der Waals surface area contributed by atoms with Gasteiger partial charge in [0.05, 0.1) is 17.8 Å². The number of hydrogen-bond donors (Lipinski definition) is 1. The van der Waals surface area contributed by atoms with Crippen LogP contribution in [-0.4, -0.2) is 19.1 Å². The minimum Gasteiger partial charge on any atom is -0.497 e. The smallest absolute Gasteiger partial charge is 0.219 e. The summed E-state index contributed by atoms with van der Waals surface area (Å²) in [7, 11) is 3.47. The molecule has 1 aromatic carbocycles. The molecule has 0 aliphatic rings. The van der Waals surface area contributed by atoms with Crippen LogP contribution in [-0.2, 0) is 6.54 Å². The zero-order valence-corrected chi connectivity index (χ0v) is 11.6. The highest BCUT2D eigenvalue weighted by atomic mass is 35.5. The molecule has 0 saturated heterocycles. The van der Waals surface area contributed by atoms with Crippen LogP contribution in [0.4, 0.5) is 0 Å². The number of nitrogens with zero attached hydrogens (tertiary/aromatic N) is 1. The number of pyridine rings is 1. The van der Waals surface area contributed by atoms with Crippen molar-refractivity contribution in [3.05, 3.63) is 47.1 Å². The molecule has 1 aromatic heterocycles. The molecule has 0 amide bonds. The van der Waals surface area contributed by atoms with Gasteiger partial charge in [-0.25, -0.2) is 4.98 Å². The first-order valence-corrected chi connectivity index (χ1v) is 6.22. The number of nitrogens with one attached hydrogen (secondary N) is 1. The van der Waals surface area contributed by atoms with E-state index in [1.807, 2.05) is 31.3 Å². The Labute approximate surface area is 117 Å². The molecular weight excluding hydrogens is 264 g/mol. The quantitative estimate of drug-likeness (QED) is 0.912. The molecule has 2 rings (SSSR count). The number of halogens is 1. The van der Waals surface area contributed by atoms with E-state index in [9.17, 15) is 0 Å². The summed E-state index contributed by atoms with van der Waals surface area (Å²) in [6, 6.07) is 10.8. The highest BCUT2D eigenvalue weighted by Crippen LogP contribution is 2.24. The fraction of sp³-hybridized carbons (Fsp3) is 0.214. The van der Waals surface area contributed by atoms with Gasteiger partial charge in [0.2, 0.25) is 5.88 Å². The van der Waals surface area contributed by atoms with Crippen molar-refractivity contribution < 1.29 is 9.47 Å². The van der Waals surface area contributed by atoms with Crippen molar-refractivity contribution in [2.75, 3.05) is 14.2 Å². The maximum Gasteiger partial charge on any atom is 0.219 e. The molecular formula is C14H15ClN2O2. The molecule has 0 spiro atoms. The van der Waals surface area contributed by atoms with Gasteiger partial charge in [0.1, 0.15) is 11.5 Å². The number of ether oxygens (including phenoxy) is 2. The zero-order chi connectivity index (χ0) is 13.7. The van der Waals surface area contributed by atoms with Gasteiger partial charge in [0, 0.05) is 12.6 Å². The summed E-state index contributed by atoms with van der Waals surface area (Å²) in [4.78, 5) is 4.35. The summed E-state index contributed by atoms with van der Waals surface area (Å²) in [6.45, 7) is 0.596. The highest BCUT2D eigenvalue weighted by Gasteiger charge is 2.05. The third kappa shape index (κ3) is 3.59. The number of benzene rings is 1. The molecule has 19 heavy (non-hydrogen) atoms. The van der Waals surface area contributed by atoms with Crippen molar-refractivity contribution in [1.82, 2.24) is 10.3 Å². The topological polar surface area (TPSA) is 43.4 Å². The van der Waals surface area contributed by atoms with Crippen LogP contribution >= 0.6 is 11.6 Å². The standard InChI is InChI=1S/C14H15ClN2O2/c1-16-9-13-12(15)7-8-14(17-13)19-11-5-3-10(18-2)4-6-11/h3-8,16H,9H2,1-2H3. The second-order valence-electron chi connectivity index (χ2n) is 3.89. The van der Waals surface area contributed by atoms with Gasteiger partial charge in [0.15, 0.2) is 0 Å². The van der Waals surface area contributed by atoms with Crippen LogP contribution in [0.3, 0.4) is 0 Å². The molecule has 100 valence electrons. The molecule has 0 aliphatic heterocycles. The Hall–Kier alpha value is -1.78. The third-order valence-electron chi connectivity index (χ3n) is 2.52. The highest BCUT2D eigenvalue weighted by molar-refractivity contribution is 6.31. The molecule has 0 unspecified atom stereocenters. The Morgan fingerprint density at radius 2 is 1.79 bits per heavy atom. The van der Waals surface area contributed by atoms with Gasteiger partial charge in [-0.1, -0.05) is 11.6 Å². The average Bonchev–Trinajstić information content (AvgIpc) is 2.44. The van der Waals surface area contributed by atoms with Crippen LogP contribution in [0.5, 0.6) is 17.4 Å². The van der Waals surface area contributed by atoms with Crippen molar-refractivity contribution in [1.29, 1.82) is 0 Å². The number of rotatable bonds is 5. The second-order valence-corrected chi connectivity index (χ2v) is 4.29. The van der Waals surface area contributed by atoms with Crippen molar-refractivity contribution in [2.45, 2.75) is 6.54 Å². The lowest BCUT2D eigenvalue weighted by atomic mass is 10.3. The number of hydrogen-bond acceptors (Lipinski definition) is 4. The fourth-order valence-corrected chi connectivity index (χ4v) is 1.75. The van der Waals surface area contributed by atoms with Gasteiger partial charge in [-0.05, 0) is 37.4 Å². The Morgan fingerprint density at radius 1 is 1.11 bits per heavy atom. The van der Waals surface area contributed by atoms with E-state index in [0.29, 0.717) is 23.2 Å². The summed E-state index contributed by atoms with van der Waals surface area (Å²) in [5.41, 5.74) is 0.759.